The molecule has 0 saturated carbocycles. The normalized spacial score (nSPS) is 13.4. The third-order valence-corrected chi connectivity index (χ3v) is 10.7. The van der Waals surface area contributed by atoms with Crippen molar-refractivity contribution in [3.8, 4) is 0 Å². The Balaban J connectivity index is 0.000000347. The first kappa shape index (κ1) is 47.5. The van der Waals surface area contributed by atoms with Crippen LogP contribution in [0.4, 0.5) is 0 Å². The van der Waals surface area contributed by atoms with E-state index in [1.165, 1.54) is 9.88 Å². The highest BCUT2D eigenvalue weighted by atomic mass is 32.1. The fraction of sp³-hybridized carbons (Fsp3) is 0.780. The fourth-order valence-electron chi connectivity index (χ4n) is 3.46. The molecule has 4 aromatic rings. The maximum atomic E-state index is 5.59. The molecule has 0 aliphatic carbocycles. The summed E-state index contributed by atoms with van der Waals surface area (Å²) in [5, 5.41) is 24.0. The molecule has 0 aliphatic rings. The second-order valence-corrected chi connectivity index (χ2v) is 23.8. The first-order chi connectivity index (χ1) is 22.8. The second kappa shape index (κ2) is 16.5. The molecule has 4 heterocycles. The summed E-state index contributed by atoms with van der Waals surface area (Å²) in [6, 6.07) is 0. The molecule has 0 atom stereocenters. The Morgan fingerprint density at radius 3 is 0.981 bits per heavy atom. The zero-order chi connectivity index (χ0) is 41.1. The number of aromatic nitrogens is 7. The van der Waals surface area contributed by atoms with E-state index in [0.717, 1.165) is 15.8 Å². The van der Waals surface area contributed by atoms with Crippen LogP contribution in [0.3, 0.4) is 0 Å². The Bertz CT molecular complexity index is 1290. The number of nitrogens with zero attached hydrogens (tertiary/aromatic N) is 7. The van der Waals surface area contributed by atoms with Gasteiger partial charge in [0.15, 0.2) is 5.82 Å². The van der Waals surface area contributed by atoms with Gasteiger partial charge in [-0.3, -0.25) is 0 Å². The lowest BCUT2D eigenvalue weighted by Crippen LogP contribution is -2.15. The average Bonchev–Trinajstić information content (AvgIpc) is 3.72. The summed E-state index contributed by atoms with van der Waals surface area (Å²) in [5.41, 5.74) is 0.466. The van der Waals surface area contributed by atoms with E-state index in [0.29, 0.717) is 17.7 Å². The molecule has 0 amide bonds. The third-order valence-electron chi connectivity index (χ3n) is 7.04. The lowest BCUT2D eigenvalue weighted by Gasteiger charge is -2.16. The quantitative estimate of drug-likeness (QED) is 0.173. The van der Waals surface area contributed by atoms with Crippen molar-refractivity contribution in [1.29, 1.82) is 0 Å². The predicted octanol–water partition coefficient (Wildman–Crippen LogP) is 12.2. The highest BCUT2D eigenvalue weighted by molar-refractivity contribution is 7.12. The molecule has 0 N–H and O–H groups in total. The molecular weight excluding hydrogens is 687 g/mol. The summed E-state index contributed by atoms with van der Waals surface area (Å²) in [6.07, 6.45) is 2.02. The van der Waals surface area contributed by atoms with E-state index >= 15 is 0 Å². The second-order valence-electron chi connectivity index (χ2n) is 21.8. The molecule has 0 radical (unpaired) electrons. The van der Waals surface area contributed by atoms with E-state index in [9.17, 15) is 0 Å². The van der Waals surface area contributed by atoms with Gasteiger partial charge in [0, 0.05) is 49.0 Å². The van der Waals surface area contributed by atoms with Gasteiger partial charge in [-0.1, -0.05) is 171 Å². The van der Waals surface area contributed by atoms with Crippen molar-refractivity contribution < 1.29 is 8.94 Å². The van der Waals surface area contributed by atoms with Gasteiger partial charge in [-0.05, 0) is 5.41 Å². The van der Waals surface area contributed by atoms with Gasteiger partial charge in [0.25, 0.3) is 0 Å². The van der Waals surface area contributed by atoms with E-state index < -0.39 is 0 Å². The van der Waals surface area contributed by atoms with Gasteiger partial charge >= 0.3 is 0 Å². The lowest BCUT2D eigenvalue weighted by molar-refractivity contribution is 0.314. The Kier molecular flexibility index (Phi) is 15.0. The van der Waals surface area contributed by atoms with Crippen molar-refractivity contribution in [3.05, 3.63) is 49.6 Å². The van der Waals surface area contributed by atoms with Crippen LogP contribution in [0.5, 0.6) is 0 Å². The summed E-state index contributed by atoms with van der Waals surface area (Å²) in [5.74, 6) is 2.89. The van der Waals surface area contributed by atoms with Gasteiger partial charge in [0.2, 0.25) is 17.7 Å². The minimum Gasteiger partial charge on any atom is -0.424 e. The third kappa shape index (κ3) is 15.4. The largest absolute Gasteiger partial charge is 0.424 e. The first-order valence-electron chi connectivity index (χ1n) is 18.3. The van der Waals surface area contributed by atoms with E-state index in [2.05, 4.69) is 202 Å². The van der Waals surface area contributed by atoms with Crippen LogP contribution in [0.2, 0.25) is 0 Å². The van der Waals surface area contributed by atoms with Gasteiger partial charge in [0.1, 0.15) is 10.0 Å². The van der Waals surface area contributed by atoms with Gasteiger partial charge in [-0.25, -0.2) is 4.98 Å². The van der Waals surface area contributed by atoms with E-state index in [1.54, 1.807) is 11.3 Å². The smallest absolute Gasteiger partial charge is 0.232 e. The molecule has 0 bridgehead atoms. The number of hydrogen-bond acceptors (Lipinski definition) is 11. The van der Waals surface area contributed by atoms with Gasteiger partial charge in [-0.2, -0.15) is 4.98 Å². The molecule has 4 aromatic heterocycles. The van der Waals surface area contributed by atoms with Crippen LogP contribution in [0.25, 0.3) is 0 Å². The minimum atomic E-state index is -0.0590. The first-order valence-corrected chi connectivity index (χ1v) is 20.0. The highest BCUT2D eigenvalue weighted by Gasteiger charge is 2.28. The van der Waals surface area contributed by atoms with Crippen LogP contribution >= 0.6 is 22.7 Å². The van der Waals surface area contributed by atoms with Crippen LogP contribution < -0.4 is 0 Å². The average molecular weight is 760 g/mol. The maximum Gasteiger partial charge on any atom is 0.232 e. The van der Waals surface area contributed by atoms with Gasteiger partial charge in [-0.15, -0.1) is 43.1 Å². The monoisotopic (exact) mass is 760 g/mol. The molecule has 4 rings (SSSR count). The summed E-state index contributed by atoms with van der Waals surface area (Å²) in [4.78, 5) is 10.2. The Morgan fingerprint density at radius 2 is 0.788 bits per heavy atom. The van der Waals surface area contributed by atoms with Crippen molar-refractivity contribution in [2.75, 3.05) is 0 Å². The maximum absolute atomic E-state index is 5.59. The van der Waals surface area contributed by atoms with E-state index in [1.807, 2.05) is 17.5 Å². The summed E-state index contributed by atoms with van der Waals surface area (Å²) >= 11 is 3.56. The topological polar surface area (TPSA) is 117 Å². The van der Waals surface area contributed by atoms with Gasteiger partial charge < -0.3 is 8.94 Å². The van der Waals surface area contributed by atoms with Crippen molar-refractivity contribution in [1.82, 2.24) is 35.5 Å². The molecule has 0 unspecified atom stereocenters. The zero-order valence-electron chi connectivity index (χ0n) is 37.3. The summed E-state index contributed by atoms with van der Waals surface area (Å²) < 4.78 is 10.8. The molecule has 296 valence electrons. The molecule has 0 aromatic carbocycles. The van der Waals surface area contributed by atoms with Gasteiger partial charge in [0.05, 0.1) is 5.01 Å². The zero-order valence-corrected chi connectivity index (χ0v) is 39.0. The fourth-order valence-corrected chi connectivity index (χ4v) is 5.45. The molecule has 0 spiro atoms. The lowest BCUT2D eigenvalue weighted by atomic mass is 9.94. The Morgan fingerprint density at radius 1 is 0.404 bits per heavy atom. The van der Waals surface area contributed by atoms with Crippen LogP contribution in [0.15, 0.2) is 15.1 Å². The number of hydrogen-bond donors (Lipinski definition) is 0. The molecule has 52 heavy (non-hydrogen) atoms. The Hall–Kier alpha value is -2.53. The molecule has 0 fully saturated rings. The molecule has 9 nitrogen and oxygen atoms in total. The van der Waals surface area contributed by atoms with Crippen LogP contribution in [0.1, 0.15) is 210 Å². The standard InChI is InChI=1S/C11H19NS.2C10H18N2O.C10H18N2S/c1-10(2,3)8-7-12-9(13-8)11(4,5)6;1-9(2,3)7-11-12-8(13-7)10(4,5)6;1-9(2,3)7-11-8(13-12-7)10(4,5)6;1-9(2,3)7-11-12-8(13-7)10(4,5)6/h7H,1-6H3;3*1-6H3. The van der Waals surface area contributed by atoms with Crippen LogP contribution in [-0.4, -0.2) is 35.5 Å². The number of thiazole rings is 1. The van der Waals surface area contributed by atoms with E-state index in [4.69, 9.17) is 8.94 Å². The van der Waals surface area contributed by atoms with E-state index in [-0.39, 0.29) is 43.3 Å². The SMILES string of the molecule is CC(C)(C)c1cnc(C(C)(C)C)s1.CC(C)(C)c1nnc(C(C)(C)C)o1.CC(C)(C)c1nnc(C(C)(C)C)s1.CC(C)(C)c1noc(C(C)(C)C)n1. The van der Waals surface area contributed by atoms with Crippen molar-refractivity contribution >= 4 is 22.7 Å². The van der Waals surface area contributed by atoms with Crippen molar-refractivity contribution in [3.63, 3.8) is 0 Å². The summed E-state index contributed by atoms with van der Waals surface area (Å²) in [7, 11) is 0. The molecular formula is C41H73N7O2S2. The summed E-state index contributed by atoms with van der Waals surface area (Å²) in [6.45, 7) is 51.1. The Labute approximate surface area is 325 Å². The minimum absolute atomic E-state index is 0.0347. The number of rotatable bonds is 0. The van der Waals surface area contributed by atoms with Crippen LogP contribution in [0, 0.1) is 0 Å². The molecule has 0 aliphatic heterocycles. The highest BCUT2D eigenvalue weighted by Crippen LogP contribution is 2.34. The predicted molar refractivity (Wildman–Crippen MR) is 220 cm³/mol. The molecule has 11 heteroatoms. The van der Waals surface area contributed by atoms with Crippen LogP contribution in [-0.2, 0) is 43.3 Å². The van der Waals surface area contributed by atoms with Crippen molar-refractivity contribution in [2.24, 2.45) is 0 Å². The van der Waals surface area contributed by atoms with Crippen molar-refractivity contribution in [2.45, 2.75) is 209 Å². The molecule has 0 saturated heterocycles.